The van der Waals surface area contributed by atoms with Crippen molar-refractivity contribution < 1.29 is 25.1 Å². The predicted molar refractivity (Wildman–Crippen MR) is 93.0 cm³/mol. The van der Waals surface area contributed by atoms with Gasteiger partial charge in [-0.25, -0.2) is 5.21 Å². The summed E-state index contributed by atoms with van der Waals surface area (Å²) in [5.41, 5.74) is 5.13. The molecule has 0 saturated heterocycles. The Morgan fingerprint density at radius 3 is 3.00 bits per heavy atom. The van der Waals surface area contributed by atoms with E-state index < -0.39 is 6.10 Å². The van der Waals surface area contributed by atoms with E-state index in [4.69, 9.17) is 9.26 Å². The van der Waals surface area contributed by atoms with Gasteiger partial charge in [0, 0.05) is 17.2 Å². The normalized spacial score (nSPS) is 15.9. The van der Waals surface area contributed by atoms with Gasteiger partial charge in [0.2, 0.25) is 11.5 Å². The van der Waals surface area contributed by atoms with Crippen molar-refractivity contribution in [3.8, 4) is 28.6 Å². The second kappa shape index (κ2) is 6.87. The third kappa shape index (κ3) is 2.86. The van der Waals surface area contributed by atoms with Gasteiger partial charge >= 0.3 is 0 Å². The highest BCUT2D eigenvalue weighted by molar-refractivity contribution is 5.67. The van der Waals surface area contributed by atoms with Crippen molar-refractivity contribution >= 4 is 5.69 Å². The number of quaternary nitrogens is 1. The Labute approximate surface area is 150 Å². The van der Waals surface area contributed by atoms with Crippen LogP contribution in [0.3, 0.4) is 0 Å². The molecule has 0 aliphatic heterocycles. The molecule has 4 N–H and O–H groups in total. The molecule has 4 rings (SSSR count). The number of aromatic nitrogens is 2. The lowest BCUT2D eigenvalue weighted by Gasteiger charge is -2.06. The van der Waals surface area contributed by atoms with Crippen molar-refractivity contribution in [2.45, 2.75) is 25.9 Å². The maximum absolute atomic E-state index is 10.1. The molecule has 7 heteroatoms. The van der Waals surface area contributed by atoms with Crippen LogP contribution in [0.5, 0.6) is 5.75 Å². The van der Waals surface area contributed by atoms with E-state index in [0.717, 1.165) is 28.6 Å². The van der Waals surface area contributed by atoms with Crippen LogP contribution in [-0.2, 0) is 6.42 Å². The van der Waals surface area contributed by atoms with Crippen LogP contribution in [0.2, 0.25) is 0 Å². The molecule has 1 atom stereocenters. The first-order valence-electron chi connectivity index (χ1n) is 8.60. The van der Waals surface area contributed by atoms with Gasteiger partial charge in [-0.2, -0.15) is 10.5 Å². The lowest BCUT2D eigenvalue weighted by Crippen LogP contribution is -2.73. The second-order valence-electron chi connectivity index (χ2n) is 6.17. The number of ether oxygens (including phenoxy) is 1. The summed E-state index contributed by atoms with van der Waals surface area (Å²) in [5, 5.41) is 23.6. The summed E-state index contributed by atoms with van der Waals surface area (Å²) in [4.78, 5) is 4.51. The summed E-state index contributed by atoms with van der Waals surface area (Å²) in [6.07, 6.45) is 1.08. The van der Waals surface area contributed by atoms with Gasteiger partial charge in [-0.15, -0.1) is 0 Å². The van der Waals surface area contributed by atoms with Crippen molar-refractivity contribution in [2.75, 3.05) is 6.61 Å². The van der Waals surface area contributed by atoms with Crippen molar-refractivity contribution in [1.82, 2.24) is 10.1 Å². The van der Waals surface area contributed by atoms with E-state index in [2.05, 4.69) is 10.1 Å². The van der Waals surface area contributed by atoms with E-state index in [-0.39, 0.29) is 0 Å². The summed E-state index contributed by atoms with van der Waals surface area (Å²) < 4.78 is 10.9. The third-order valence-electron chi connectivity index (χ3n) is 4.60. The van der Waals surface area contributed by atoms with Crippen LogP contribution in [0.25, 0.3) is 22.8 Å². The molecular formula is C19H20N3O4+. The van der Waals surface area contributed by atoms with Crippen molar-refractivity contribution in [1.29, 1.82) is 0 Å². The van der Waals surface area contributed by atoms with E-state index in [1.165, 1.54) is 0 Å². The molecule has 1 heterocycles. The lowest BCUT2D eigenvalue weighted by molar-refractivity contribution is -0.825. The van der Waals surface area contributed by atoms with Gasteiger partial charge in [-0.1, -0.05) is 23.4 Å². The van der Waals surface area contributed by atoms with E-state index in [1.807, 2.05) is 31.2 Å². The zero-order valence-electron chi connectivity index (χ0n) is 14.3. The molecule has 0 amide bonds. The number of benzene rings is 2. The van der Waals surface area contributed by atoms with Gasteiger partial charge in [-0.3, -0.25) is 0 Å². The van der Waals surface area contributed by atoms with E-state index in [9.17, 15) is 10.3 Å². The first kappa shape index (κ1) is 16.7. The minimum atomic E-state index is -0.426. The Hall–Kier alpha value is -2.74. The van der Waals surface area contributed by atoms with E-state index >= 15 is 0 Å². The summed E-state index contributed by atoms with van der Waals surface area (Å²) >= 11 is 0. The van der Waals surface area contributed by atoms with Crippen LogP contribution in [-0.4, -0.2) is 27.1 Å². The minimum Gasteiger partial charge on any atom is -0.488 e. The summed E-state index contributed by atoms with van der Waals surface area (Å²) in [7, 11) is 0. The highest BCUT2D eigenvalue weighted by Crippen LogP contribution is 2.37. The number of aliphatic hydroxyl groups excluding tert-OH is 1. The van der Waals surface area contributed by atoms with E-state index in [1.54, 1.807) is 12.1 Å². The van der Waals surface area contributed by atoms with Crippen LogP contribution in [0.15, 0.2) is 40.9 Å². The Kier molecular flexibility index (Phi) is 4.42. The number of nitrogens with zero attached hydrogens (tertiary/aromatic N) is 2. The number of fused-ring (bicyclic) bond motifs is 1. The molecule has 0 spiro atoms. The topological polar surface area (TPSA) is 105 Å². The number of rotatable bonds is 5. The monoisotopic (exact) mass is 354 g/mol. The largest absolute Gasteiger partial charge is 0.488 e. The average Bonchev–Trinajstić information content (AvgIpc) is 3.30. The molecule has 0 fully saturated rings. The second-order valence-corrected chi connectivity index (χ2v) is 6.17. The van der Waals surface area contributed by atoms with Crippen LogP contribution >= 0.6 is 0 Å². The average molecular weight is 354 g/mol. The maximum Gasteiger partial charge on any atom is 0.258 e. The van der Waals surface area contributed by atoms with Gasteiger partial charge in [0.15, 0.2) is 5.75 Å². The zero-order chi connectivity index (χ0) is 18.1. The Morgan fingerprint density at radius 2 is 2.19 bits per heavy atom. The van der Waals surface area contributed by atoms with Crippen molar-refractivity contribution in [3.63, 3.8) is 0 Å². The SMILES string of the molecule is CCOc1ccc(-c2nc(-c3cccc4c3CC[C@H]4O)no2)cc1[NH2+]O. The molecule has 1 aliphatic carbocycles. The number of hydrogen-bond acceptors (Lipinski definition) is 6. The number of hydrogen-bond donors (Lipinski definition) is 3. The summed E-state index contributed by atoms with van der Waals surface area (Å²) in [6, 6.07) is 11.1. The first-order valence-corrected chi connectivity index (χ1v) is 8.60. The van der Waals surface area contributed by atoms with Gasteiger partial charge < -0.3 is 14.4 Å². The predicted octanol–water partition coefficient (Wildman–Crippen LogP) is 2.37. The molecule has 0 unspecified atom stereocenters. The third-order valence-corrected chi connectivity index (χ3v) is 4.60. The van der Waals surface area contributed by atoms with Crippen molar-refractivity contribution in [2.24, 2.45) is 0 Å². The smallest absolute Gasteiger partial charge is 0.258 e. The van der Waals surface area contributed by atoms with Gasteiger partial charge in [0.1, 0.15) is 0 Å². The van der Waals surface area contributed by atoms with Gasteiger partial charge in [0.05, 0.1) is 12.7 Å². The van der Waals surface area contributed by atoms with Gasteiger partial charge in [0.25, 0.3) is 5.89 Å². The van der Waals surface area contributed by atoms with Crippen LogP contribution in [0, 0.1) is 0 Å². The molecule has 3 aromatic rings. The van der Waals surface area contributed by atoms with Crippen molar-refractivity contribution in [3.05, 3.63) is 47.5 Å². The Balaban J connectivity index is 1.70. The number of nitrogens with two attached hydrogens (primary N) is 1. The molecular weight excluding hydrogens is 334 g/mol. The quantitative estimate of drug-likeness (QED) is 0.480. The standard InChI is InChI=1S/C19H19N3O4/c1-2-25-17-9-6-11(10-15(17)21-24)19-20-18(22-26-19)14-5-3-4-13-12(14)7-8-16(13)23/h3-6,9-10,16,21,23-24H,2,7-8H2,1H3/p+1/t16-/m1/s1. The van der Waals surface area contributed by atoms with E-state index in [0.29, 0.717) is 41.7 Å². The Bertz CT molecular complexity index is 938. The highest BCUT2D eigenvalue weighted by atomic mass is 16.5. The van der Waals surface area contributed by atoms with Crippen LogP contribution in [0.1, 0.15) is 30.6 Å². The fraction of sp³-hybridized carbons (Fsp3) is 0.263. The molecule has 0 radical (unpaired) electrons. The molecule has 0 bridgehead atoms. The molecule has 1 aromatic heterocycles. The molecule has 7 nitrogen and oxygen atoms in total. The number of aliphatic hydroxyl groups is 1. The maximum atomic E-state index is 10.1. The first-order chi connectivity index (χ1) is 12.7. The molecule has 26 heavy (non-hydrogen) atoms. The summed E-state index contributed by atoms with van der Waals surface area (Å²) in [6.45, 7) is 2.39. The lowest BCUT2D eigenvalue weighted by atomic mass is 10.0. The fourth-order valence-corrected chi connectivity index (χ4v) is 3.36. The Morgan fingerprint density at radius 1 is 1.31 bits per heavy atom. The molecule has 134 valence electrons. The molecule has 1 aliphatic rings. The fourth-order valence-electron chi connectivity index (χ4n) is 3.36. The van der Waals surface area contributed by atoms with Crippen LogP contribution < -0.4 is 10.2 Å². The molecule has 0 saturated carbocycles. The van der Waals surface area contributed by atoms with Gasteiger partial charge in [-0.05, 0) is 43.0 Å². The summed E-state index contributed by atoms with van der Waals surface area (Å²) in [5.74, 6) is 1.45. The minimum absolute atomic E-state index is 0.363. The molecule has 2 aromatic carbocycles. The highest BCUT2D eigenvalue weighted by Gasteiger charge is 2.25. The zero-order valence-corrected chi connectivity index (χ0v) is 14.3. The van der Waals surface area contributed by atoms with Crippen LogP contribution in [0.4, 0.5) is 5.69 Å².